The number of nitrogens with two attached hydrogens (primary N) is 1. The van der Waals surface area contributed by atoms with Crippen LogP contribution in [0, 0.1) is 5.82 Å². The van der Waals surface area contributed by atoms with Gasteiger partial charge in [-0.2, -0.15) is 0 Å². The van der Waals surface area contributed by atoms with E-state index in [0.29, 0.717) is 6.54 Å². The van der Waals surface area contributed by atoms with Crippen molar-refractivity contribution >= 4 is 17.5 Å². The molecule has 5 nitrogen and oxygen atoms in total. The summed E-state index contributed by atoms with van der Waals surface area (Å²) in [7, 11) is 0. The SMILES string of the molecule is O=C(C[C@@H]1[NH2+]CCNC1=O)Nc1ccccc1F. The number of halogens is 1. The lowest BCUT2D eigenvalue weighted by Gasteiger charge is -2.19. The Hall–Kier alpha value is -1.95. The monoisotopic (exact) mass is 252 g/mol. The molecule has 1 aliphatic rings. The number of carbonyl (C=O) groups is 2. The van der Waals surface area contributed by atoms with E-state index >= 15 is 0 Å². The molecular weight excluding hydrogens is 237 g/mol. The third-order valence-electron chi connectivity index (χ3n) is 2.78. The van der Waals surface area contributed by atoms with E-state index in [1.165, 1.54) is 12.1 Å². The molecule has 1 aromatic rings. The fourth-order valence-corrected chi connectivity index (χ4v) is 1.86. The van der Waals surface area contributed by atoms with Gasteiger partial charge in [-0.3, -0.25) is 9.59 Å². The summed E-state index contributed by atoms with van der Waals surface area (Å²) in [5.41, 5.74) is 0.138. The van der Waals surface area contributed by atoms with Gasteiger partial charge in [-0.1, -0.05) is 12.1 Å². The number of carbonyl (C=O) groups excluding carboxylic acids is 2. The first-order chi connectivity index (χ1) is 8.66. The predicted molar refractivity (Wildman–Crippen MR) is 63.2 cm³/mol. The zero-order valence-corrected chi connectivity index (χ0v) is 9.78. The second-order valence-electron chi connectivity index (χ2n) is 4.15. The number of amides is 2. The minimum Gasteiger partial charge on any atom is -0.345 e. The topological polar surface area (TPSA) is 74.8 Å². The van der Waals surface area contributed by atoms with Crippen LogP contribution < -0.4 is 16.0 Å². The molecule has 2 amide bonds. The molecule has 0 aliphatic carbocycles. The van der Waals surface area contributed by atoms with Gasteiger partial charge in [0.15, 0.2) is 6.04 Å². The molecule has 18 heavy (non-hydrogen) atoms. The van der Waals surface area contributed by atoms with Gasteiger partial charge in [0.05, 0.1) is 25.2 Å². The van der Waals surface area contributed by atoms with Gasteiger partial charge in [0.25, 0.3) is 5.91 Å². The van der Waals surface area contributed by atoms with E-state index < -0.39 is 11.9 Å². The summed E-state index contributed by atoms with van der Waals surface area (Å²) in [5, 5.41) is 6.97. The Bertz CT molecular complexity index is 464. The molecule has 1 saturated heterocycles. The average molecular weight is 252 g/mol. The number of piperazine rings is 1. The van der Waals surface area contributed by atoms with Crippen LogP contribution in [-0.2, 0) is 9.59 Å². The fraction of sp³-hybridized carbons (Fsp3) is 0.333. The molecule has 96 valence electrons. The molecule has 2 rings (SSSR count). The summed E-state index contributed by atoms with van der Waals surface area (Å²) >= 11 is 0. The highest BCUT2D eigenvalue weighted by atomic mass is 19.1. The Kier molecular flexibility index (Phi) is 3.88. The van der Waals surface area contributed by atoms with Crippen molar-refractivity contribution < 1.29 is 19.3 Å². The van der Waals surface area contributed by atoms with Crippen LogP contribution in [0.5, 0.6) is 0 Å². The van der Waals surface area contributed by atoms with Crippen LogP contribution in [-0.4, -0.2) is 30.9 Å². The summed E-state index contributed by atoms with van der Waals surface area (Å²) in [6.07, 6.45) is 0.0418. The maximum absolute atomic E-state index is 13.3. The number of benzene rings is 1. The number of para-hydroxylation sites is 1. The minimum atomic E-state index is -0.483. The van der Waals surface area contributed by atoms with Crippen molar-refractivity contribution in [3.63, 3.8) is 0 Å². The van der Waals surface area contributed by atoms with E-state index in [1.54, 1.807) is 12.1 Å². The molecule has 0 aromatic heterocycles. The van der Waals surface area contributed by atoms with Crippen LogP contribution in [0.25, 0.3) is 0 Å². The van der Waals surface area contributed by atoms with Crippen molar-refractivity contribution in [2.45, 2.75) is 12.5 Å². The van der Waals surface area contributed by atoms with Crippen LogP contribution in [0.1, 0.15) is 6.42 Å². The average Bonchev–Trinajstić information content (AvgIpc) is 2.35. The number of anilines is 1. The molecule has 0 bridgehead atoms. The maximum Gasteiger partial charge on any atom is 0.278 e. The lowest BCUT2D eigenvalue weighted by molar-refractivity contribution is -0.678. The van der Waals surface area contributed by atoms with E-state index in [0.717, 1.165) is 6.54 Å². The molecule has 1 fully saturated rings. The van der Waals surface area contributed by atoms with E-state index in [-0.39, 0.29) is 23.9 Å². The summed E-state index contributed by atoms with van der Waals surface area (Å²) in [4.78, 5) is 23.2. The van der Waals surface area contributed by atoms with E-state index in [4.69, 9.17) is 0 Å². The van der Waals surface area contributed by atoms with Crippen molar-refractivity contribution in [3.05, 3.63) is 30.1 Å². The first-order valence-electron chi connectivity index (χ1n) is 5.82. The van der Waals surface area contributed by atoms with Gasteiger partial charge in [0.1, 0.15) is 5.82 Å². The van der Waals surface area contributed by atoms with Crippen LogP contribution in [0.3, 0.4) is 0 Å². The molecule has 0 spiro atoms. The summed E-state index contributed by atoms with van der Waals surface area (Å²) < 4.78 is 13.3. The highest BCUT2D eigenvalue weighted by Crippen LogP contribution is 2.12. The van der Waals surface area contributed by atoms with Crippen LogP contribution in [0.2, 0.25) is 0 Å². The Morgan fingerprint density at radius 3 is 3.00 bits per heavy atom. The standard InChI is InChI=1S/C12H14FN3O2/c13-8-3-1-2-4-9(8)16-11(17)7-10-12(18)15-6-5-14-10/h1-4,10,14H,5-7H2,(H,15,18)(H,16,17)/p+1/t10-/m0/s1. The third kappa shape index (κ3) is 3.04. The molecule has 1 aromatic carbocycles. The number of quaternary nitrogens is 1. The Balaban J connectivity index is 1.92. The zero-order chi connectivity index (χ0) is 13.0. The van der Waals surface area contributed by atoms with Gasteiger partial charge < -0.3 is 16.0 Å². The second-order valence-corrected chi connectivity index (χ2v) is 4.15. The van der Waals surface area contributed by atoms with Crippen molar-refractivity contribution in [2.24, 2.45) is 0 Å². The number of hydrogen-bond acceptors (Lipinski definition) is 2. The molecule has 6 heteroatoms. The molecule has 4 N–H and O–H groups in total. The van der Waals surface area contributed by atoms with Gasteiger partial charge >= 0.3 is 0 Å². The fourth-order valence-electron chi connectivity index (χ4n) is 1.86. The van der Waals surface area contributed by atoms with Crippen molar-refractivity contribution in [2.75, 3.05) is 18.4 Å². The summed E-state index contributed by atoms with van der Waals surface area (Å²) in [6, 6.07) is 5.52. The Labute approximate surface area is 104 Å². The second kappa shape index (κ2) is 5.59. The van der Waals surface area contributed by atoms with Crippen LogP contribution >= 0.6 is 0 Å². The molecule has 1 heterocycles. The molecule has 0 unspecified atom stereocenters. The molecule has 1 atom stereocenters. The van der Waals surface area contributed by atoms with E-state index in [2.05, 4.69) is 10.6 Å². The van der Waals surface area contributed by atoms with E-state index in [1.807, 2.05) is 5.32 Å². The Morgan fingerprint density at radius 1 is 1.50 bits per heavy atom. The summed E-state index contributed by atoms with van der Waals surface area (Å²) in [6.45, 7) is 1.37. The molecule has 1 aliphatic heterocycles. The van der Waals surface area contributed by atoms with Crippen molar-refractivity contribution in [1.29, 1.82) is 0 Å². The highest BCUT2D eigenvalue weighted by Gasteiger charge is 2.27. The number of rotatable bonds is 3. The maximum atomic E-state index is 13.3. The zero-order valence-electron chi connectivity index (χ0n) is 9.78. The van der Waals surface area contributed by atoms with Gasteiger partial charge in [-0.05, 0) is 12.1 Å². The predicted octanol–water partition coefficient (Wildman–Crippen LogP) is -0.784. The Morgan fingerprint density at radius 2 is 2.28 bits per heavy atom. The largest absolute Gasteiger partial charge is 0.345 e. The van der Waals surface area contributed by atoms with Gasteiger partial charge in [0, 0.05) is 0 Å². The number of nitrogens with one attached hydrogen (secondary N) is 2. The van der Waals surface area contributed by atoms with Gasteiger partial charge in [0.2, 0.25) is 5.91 Å². The lowest BCUT2D eigenvalue weighted by atomic mass is 10.1. The van der Waals surface area contributed by atoms with Gasteiger partial charge in [-0.15, -0.1) is 0 Å². The molecular formula is C12H15FN3O2+. The van der Waals surface area contributed by atoms with Gasteiger partial charge in [-0.25, -0.2) is 4.39 Å². The first kappa shape index (κ1) is 12.5. The lowest BCUT2D eigenvalue weighted by Crippen LogP contribution is -2.96. The third-order valence-corrected chi connectivity index (χ3v) is 2.78. The van der Waals surface area contributed by atoms with Crippen molar-refractivity contribution in [1.82, 2.24) is 5.32 Å². The van der Waals surface area contributed by atoms with E-state index in [9.17, 15) is 14.0 Å². The molecule has 0 saturated carbocycles. The first-order valence-corrected chi connectivity index (χ1v) is 5.82. The minimum absolute atomic E-state index is 0.0418. The normalized spacial score (nSPS) is 19.2. The smallest absolute Gasteiger partial charge is 0.278 e. The van der Waals surface area contributed by atoms with Crippen LogP contribution in [0.15, 0.2) is 24.3 Å². The van der Waals surface area contributed by atoms with Crippen molar-refractivity contribution in [3.8, 4) is 0 Å². The summed E-state index contributed by atoms with van der Waals surface area (Å²) in [5.74, 6) is -0.994. The number of hydrogen-bond donors (Lipinski definition) is 3. The quantitative estimate of drug-likeness (QED) is 0.660. The molecule has 0 radical (unpaired) electrons. The van der Waals surface area contributed by atoms with Crippen LogP contribution in [0.4, 0.5) is 10.1 Å². The highest BCUT2D eigenvalue weighted by molar-refractivity contribution is 5.94.